The maximum absolute atomic E-state index is 13.0. The van der Waals surface area contributed by atoms with Crippen LogP contribution < -0.4 is 10.6 Å². The fourth-order valence-corrected chi connectivity index (χ4v) is 1.90. The summed E-state index contributed by atoms with van der Waals surface area (Å²) in [6.45, 7) is 1.21. The normalized spacial score (nSPS) is 13.4. The molecule has 0 saturated heterocycles. The van der Waals surface area contributed by atoms with Crippen LogP contribution in [0.3, 0.4) is 0 Å². The first-order valence-electron chi connectivity index (χ1n) is 5.35. The van der Waals surface area contributed by atoms with Crippen molar-refractivity contribution in [3.63, 3.8) is 0 Å². The number of benzene rings is 1. The first kappa shape index (κ1) is 16.5. The summed E-state index contributed by atoms with van der Waals surface area (Å²) in [6, 6.07) is -0.583. The molecule has 4 N–H and O–H groups in total. The molecule has 0 aromatic heterocycles. The molecular formula is C11H11Cl2FN2O4. The molecular weight excluding hydrogens is 314 g/mol. The van der Waals surface area contributed by atoms with Crippen LogP contribution in [0.5, 0.6) is 0 Å². The minimum atomic E-state index is -1.51. The molecule has 1 aromatic rings. The summed E-state index contributed by atoms with van der Waals surface area (Å²) in [5.41, 5.74) is -0.0676. The minimum absolute atomic E-state index is 0.0676. The number of amides is 2. The average molecular weight is 325 g/mol. The van der Waals surface area contributed by atoms with E-state index in [1.54, 1.807) is 0 Å². The Balaban J connectivity index is 2.84. The lowest BCUT2D eigenvalue weighted by molar-refractivity contribution is -0.141. The lowest BCUT2D eigenvalue weighted by Gasteiger charge is -2.18. The van der Waals surface area contributed by atoms with Crippen LogP contribution in [0.15, 0.2) is 12.1 Å². The second-order valence-electron chi connectivity index (χ2n) is 3.90. The number of hydrogen-bond acceptors (Lipinski definition) is 3. The van der Waals surface area contributed by atoms with E-state index in [1.165, 1.54) is 6.92 Å². The number of carbonyl (C=O) groups excluding carboxylic acids is 1. The fraction of sp³-hybridized carbons (Fsp3) is 0.273. The van der Waals surface area contributed by atoms with Crippen molar-refractivity contribution in [1.29, 1.82) is 0 Å². The van der Waals surface area contributed by atoms with E-state index in [1.807, 2.05) is 5.32 Å². The van der Waals surface area contributed by atoms with E-state index in [4.69, 9.17) is 28.3 Å². The van der Waals surface area contributed by atoms with Gasteiger partial charge in [0.2, 0.25) is 0 Å². The molecule has 2 atom stereocenters. The summed E-state index contributed by atoms with van der Waals surface area (Å²) >= 11 is 11.4. The second-order valence-corrected chi connectivity index (χ2v) is 4.71. The molecule has 0 heterocycles. The first-order valence-corrected chi connectivity index (χ1v) is 6.11. The van der Waals surface area contributed by atoms with Crippen molar-refractivity contribution < 1.29 is 24.2 Å². The topological polar surface area (TPSA) is 98.7 Å². The lowest BCUT2D eigenvalue weighted by atomic mass is 10.2. The van der Waals surface area contributed by atoms with E-state index < -0.39 is 30.0 Å². The van der Waals surface area contributed by atoms with Crippen LogP contribution in [-0.4, -0.2) is 34.4 Å². The van der Waals surface area contributed by atoms with Crippen molar-refractivity contribution in [2.75, 3.05) is 5.32 Å². The summed E-state index contributed by atoms with van der Waals surface area (Å²) in [4.78, 5) is 22.4. The summed E-state index contributed by atoms with van der Waals surface area (Å²) in [5, 5.41) is 21.9. The van der Waals surface area contributed by atoms with Gasteiger partial charge in [-0.1, -0.05) is 23.2 Å². The zero-order valence-electron chi connectivity index (χ0n) is 10.2. The number of urea groups is 1. The average Bonchev–Trinajstić information content (AvgIpc) is 2.29. The number of nitrogens with one attached hydrogen (secondary N) is 2. The monoisotopic (exact) mass is 324 g/mol. The largest absolute Gasteiger partial charge is 0.480 e. The van der Waals surface area contributed by atoms with E-state index >= 15 is 0 Å². The molecule has 0 bridgehead atoms. The third-order valence-corrected chi connectivity index (χ3v) is 2.88. The molecule has 6 nitrogen and oxygen atoms in total. The number of hydrogen-bond donors (Lipinski definition) is 4. The quantitative estimate of drug-likeness (QED) is 0.681. The highest BCUT2D eigenvalue weighted by molar-refractivity contribution is 6.39. The van der Waals surface area contributed by atoms with Crippen LogP contribution in [0.25, 0.3) is 0 Å². The molecule has 1 rings (SSSR count). The summed E-state index contributed by atoms with van der Waals surface area (Å²) in [5.74, 6) is -2.09. The molecule has 0 aliphatic rings. The van der Waals surface area contributed by atoms with E-state index in [0.29, 0.717) is 0 Å². The van der Waals surface area contributed by atoms with Gasteiger partial charge in [-0.15, -0.1) is 0 Å². The van der Waals surface area contributed by atoms with Crippen LogP contribution >= 0.6 is 23.2 Å². The zero-order chi connectivity index (χ0) is 15.4. The number of halogens is 3. The van der Waals surface area contributed by atoms with Gasteiger partial charge in [0.15, 0.2) is 6.04 Å². The van der Waals surface area contributed by atoms with Gasteiger partial charge >= 0.3 is 12.0 Å². The maximum Gasteiger partial charge on any atom is 0.328 e. The third kappa shape index (κ3) is 4.22. The van der Waals surface area contributed by atoms with Gasteiger partial charge in [0.05, 0.1) is 21.8 Å². The number of rotatable bonds is 4. The Labute approximate surface area is 123 Å². The van der Waals surface area contributed by atoms with Crippen LogP contribution in [0.2, 0.25) is 10.0 Å². The summed E-state index contributed by atoms with van der Waals surface area (Å²) in [6.07, 6.45) is -1.31. The van der Waals surface area contributed by atoms with Crippen molar-refractivity contribution in [3.8, 4) is 0 Å². The molecule has 0 aliphatic heterocycles. The minimum Gasteiger partial charge on any atom is -0.480 e. The van der Waals surface area contributed by atoms with E-state index in [2.05, 4.69) is 5.32 Å². The Morgan fingerprint density at radius 1 is 1.30 bits per heavy atom. The smallest absolute Gasteiger partial charge is 0.328 e. The SMILES string of the molecule is C[C@@H](O)[C@H](NC(=O)Nc1c(Cl)cc(F)cc1Cl)C(=O)O. The first-order chi connectivity index (χ1) is 9.22. The van der Waals surface area contributed by atoms with Crippen LogP contribution in [0, 0.1) is 5.82 Å². The molecule has 0 radical (unpaired) electrons. The molecule has 0 spiro atoms. The van der Waals surface area contributed by atoms with Crippen LogP contribution in [-0.2, 0) is 4.79 Å². The van der Waals surface area contributed by atoms with Gasteiger partial charge in [0, 0.05) is 0 Å². The van der Waals surface area contributed by atoms with E-state index in [0.717, 1.165) is 12.1 Å². The molecule has 0 unspecified atom stereocenters. The molecule has 0 saturated carbocycles. The third-order valence-electron chi connectivity index (χ3n) is 2.28. The number of carbonyl (C=O) groups is 2. The molecule has 9 heteroatoms. The van der Waals surface area contributed by atoms with Crippen molar-refractivity contribution in [1.82, 2.24) is 5.32 Å². The number of aliphatic hydroxyl groups is 1. The Hall–Kier alpha value is -1.57. The summed E-state index contributed by atoms with van der Waals surface area (Å²) < 4.78 is 13.0. The molecule has 20 heavy (non-hydrogen) atoms. The number of aliphatic hydroxyl groups excluding tert-OH is 1. The van der Waals surface area contributed by atoms with Gasteiger partial charge in [-0.2, -0.15) is 0 Å². The van der Waals surface area contributed by atoms with Crippen LogP contribution in [0.1, 0.15) is 6.92 Å². The molecule has 0 fully saturated rings. The number of anilines is 1. The zero-order valence-corrected chi connectivity index (χ0v) is 11.7. The summed E-state index contributed by atoms with van der Waals surface area (Å²) in [7, 11) is 0. The molecule has 110 valence electrons. The Morgan fingerprint density at radius 2 is 1.80 bits per heavy atom. The Kier molecular flexibility index (Phi) is 5.55. The Morgan fingerprint density at radius 3 is 2.20 bits per heavy atom. The number of carboxylic acid groups (broad SMARTS) is 1. The Bertz CT molecular complexity index is 516. The lowest BCUT2D eigenvalue weighted by Crippen LogP contribution is -2.49. The van der Waals surface area contributed by atoms with E-state index in [-0.39, 0.29) is 15.7 Å². The predicted octanol–water partition coefficient (Wildman–Crippen LogP) is 2.09. The molecule has 1 aromatic carbocycles. The van der Waals surface area contributed by atoms with Crippen molar-refractivity contribution in [2.45, 2.75) is 19.1 Å². The van der Waals surface area contributed by atoms with Gasteiger partial charge in [-0.05, 0) is 19.1 Å². The van der Waals surface area contributed by atoms with Gasteiger partial charge in [-0.3, -0.25) is 0 Å². The highest BCUT2D eigenvalue weighted by Crippen LogP contribution is 2.31. The maximum atomic E-state index is 13.0. The van der Waals surface area contributed by atoms with Crippen LogP contribution in [0.4, 0.5) is 14.9 Å². The highest BCUT2D eigenvalue weighted by atomic mass is 35.5. The van der Waals surface area contributed by atoms with Gasteiger partial charge < -0.3 is 20.8 Å². The fourth-order valence-electron chi connectivity index (χ4n) is 1.34. The predicted molar refractivity (Wildman–Crippen MR) is 71.7 cm³/mol. The standard InChI is InChI=1S/C11H11Cl2FN2O4/c1-4(17)8(10(18)19)15-11(20)16-9-6(12)2-5(14)3-7(9)13/h2-4,8,17H,1H3,(H,18,19)(H2,15,16,20)/t4-,8+/m1/s1. The number of carboxylic acids is 1. The second kappa shape index (κ2) is 6.74. The van der Waals surface area contributed by atoms with Crippen molar-refractivity contribution in [3.05, 3.63) is 28.0 Å². The number of aliphatic carboxylic acids is 1. The van der Waals surface area contributed by atoms with Gasteiger partial charge in [-0.25, -0.2) is 14.0 Å². The van der Waals surface area contributed by atoms with Gasteiger partial charge in [0.25, 0.3) is 0 Å². The van der Waals surface area contributed by atoms with E-state index in [9.17, 15) is 19.1 Å². The highest BCUT2D eigenvalue weighted by Gasteiger charge is 2.25. The van der Waals surface area contributed by atoms with Crippen molar-refractivity contribution >= 4 is 40.9 Å². The molecule has 2 amide bonds. The van der Waals surface area contributed by atoms with Gasteiger partial charge in [0.1, 0.15) is 5.82 Å². The van der Waals surface area contributed by atoms with Crippen molar-refractivity contribution in [2.24, 2.45) is 0 Å². The molecule has 0 aliphatic carbocycles.